The number of hydrogen-bond acceptors (Lipinski definition) is 2. The van der Waals surface area contributed by atoms with Crippen LogP contribution in [0.15, 0.2) is 60.8 Å². The highest BCUT2D eigenvalue weighted by molar-refractivity contribution is 5.58. The lowest BCUT2D eigenvalue weighted by Gasteiger charge is -2.00. The van der Waals surface area contributed by atoms with Gasteiger partial charge in [-0.3, -0.25) is 10.1 Å². The third kappa shape index (κ3) is 2.58. The zero-order valence-electron chi connectivity index (χ0n) is 13.3. The molecule has 1 aliphatic heterocycles. The number of imidazole rings is 1. The molecule has 4 rings (SSSR count). The van der Waals surface area contributed by atoms with E-state index in [9.17, 15) is 10.1 Å². The van der Waals surface area contributed by atoms with E-state index in [-0.39, 0.29) is 10.6 Å². The molecule has 0 radical (unpaired) electrons. The van der Waals surface area contributed by atoms with Gasteiger partial charge in [-0.2, -0.15) is 0 Å². The molecular weight excluding hydrogens is 302 g/mol. The molecule has 0 fully saturated rings. The maximum Gasteiger partial charge on any atom is 0.269 e. The molecule has 1 aliphatic rings. The number of benzene rings is 2. The molecule has 3 aromatic rings. The summed E-state index contributed by atoms with van der Waals surface area (Å²) >= 11 is 0. The van der Waals surface area contributed by atoms with Crippen molar-refractivity contribution in [2.24, 2.45) is 0 Å². The average Bonchev–Trinajstić information content (AvgIpc) is 3.20. The Morgan fingerprint density at radius 1 is 1.08 bits per heavy atom. The number of hydrogen-bond donors (Lipinski definition) is 0. The molecule has 24 heavy (non-hydrogen) atoms. The summed E-state index contributed by atoms with van der Waals surface area (Å²) < 4.78 is 4.66. The first-order chi connectivity index (χ1) is 11.7. The predicted molar refractivity (Wildman–Crippen MR) is 90.6 cm³/mol. The fourth-order valence-corrected chi connectivity index (χ4v) is 3.41. The Bertz CT molecular complexity index is 883. The van der Waals surface area contributed by atoms with Gasteiger partial charge >= 0.3 is 0 Å². The number of rotatable bonds is 4. The van der Waals surface area contributed by atoms with Crippen LogP contribution in [0.1, 0.15) is 17.8 Å². The topological polar surface area (TPSA) is 52.0 Å². The molecule has 0 spiro atoms. The van der Waals surface area contributed by atoms with E-state index in [1.807, 2.05) is 18.2 Å². The third-order valence-corrected chi connectivity index (χ3v) is 4.56. The molecule has 1 aromatic heterocycles. The van der Waals surface area contributed by atoms with Gasteiger partial charge in [0.05, 0.1) is 17.9 Å². The normalized spacial score (nSPS) is 13.0. The van der Waals surface area contributed by atoms with Crippen molar-refractivity contribution in [3.8, 4) is 11.3 Å². The van der Waals surface area contributed by atoms with Crippen LogP contribution in [0.2, 0.25) is 0 Å². The first-order valence-corrected chi connectivity index (χ1v) is 8.13. The molecule has 0 saturated carbocycles. The Morgan fingerprint density at radius 2 is 1.83 bits per heavy atom. The molecule has 0 saturated heterocycles. The Labute approximate surface area is 140 Å². The molecule has 0 aliphatic carbocycles. The molecule has 2 heterocycles. The number of aromatic nitrogens is 2. The van der Waals surface area contributed by atoms with Gasteiger partial charge in [-0.25, -0.2) is 9.13 Å². The standard InChI is InChI=1S/C19H18N3O2/c23-22(24)17-10-8-15(9-11-17)13-20-14-18(16-5-2-1-3-6-16)21-12-4-7-19(20)21/h1-3,5-6,8-11,14H,4,7,12-13H2/q+1. The lowest BCUT2D eigenvalue weighted by molar-refractivity contribution is -0.694. The van der Waals surface area contributed by atoms with E-state index < -0.39 is 0 Å². The molecule has 5 nitrogen and oxygen atoms in total. The largest absolute Gasteiger partial charge is 0.269 e. The van der Waals surface area contributed by atoms with Gasteiger partial charge in [0.15, 0.2) is 5.69 Å². The van der Waals surface area contributed by atoms with E-state index >= 15 is 0 Å². The Hall–Kier alpha value is -2.95. The minimum absolute atomic E-state index is 0.135. The molecule has 120 valence electrons. The highest BCUT2D eigenvalue weighted by atomic mass is 16.6. The van der Waals surface area contributed by atoms with E-state index in [4.69, 9.17) is 0 Å². The van der Waals surface area contributed by atoms with Crippen molar-refractivity contribution < 1.29 is 9.49 Å². The van der Waals surface area contributed by atoms with Gasteiger partial charge in [0, 0.05) is 17.7 Å². The fraction of sp³-hybridized carbons (Fsp3) is 0.211. The second-order valence-corrected chi connectivity index (χ2v) is 6.10. The summed E-state index contributed by atoms with van der Waals surface area (Å²) in [5, 5.41) is 10.8. The summed E-state index contributed by atoms with van der Waals surface area (Å²) in [7, 11) is 0. The molecule has 0 unspecified atom stereocenters. The van der Waals surface area contributed by atoms with Crippen LogP contribution >= 0.6 is 0 Å². The summed E-state index contributed by atoms with van der Waals surface area (Å²) in [6.07, 6.45) is 4.43. The van der Waals surface area contributed by atoms with Crippen LogP contribution in [0.25, 0.3) is 11.3 Å². The molecule has 5 heteroatoms. The highest BCUT2D eigenvalue weighted by Gasteiger charge is 2.28. The fourth-order valence-electron chi connectivity index (χ4n) is 3.41. The maximum atomic E-state index is 10.8. The zero-order chi connectivity index (χ0) is 16.5. The smallest absolute Gasteiger partial charge is 0.258 e. The summed E-state index contributed by atoms with van der Waals surface area (Å²) in [6.45, 7) is 1.78. The van der Waals surface area contributed by atoms with Crippen LogP contribution in [0.3, 0.4) is 0 Å². The second kappa shape index (κ2) is 5.92. The van der Waals surface area contributed by atoms with E-state index in [0.29, 0.717) is 0 Å². The van der Waals surface area contributed by atoms with Gasteiger partial charge in [-0.15, -0.1) is 0 Å². The van der Waals surface area contributed by atoms with Crippen LogP contribution in [0.5, 0.6) is 0 Å². The molecule has 2 aromatic carbocycles. The van der Waals surface area contributed by atoms with Crippen molar-refractivity contribution >= 4 is 5.69 Å². The predicted octanol–water partition coefficient (Wildman–Crippen LogP) is 3.35. The van der Waals surface area contributed by atoms with Crippen LogP contribution < -0.4 is 4.57 Å². The van der Waals surface area contributed by atoms with Crippen molar-refractivity contribution in [3.05, 3.63) is 82.3 Å². The van der Waals surface area contributed by atoms with Gasteiger partial charge in [-0.05, 0) is 24.1 Å². The Balaban J connectivity index is 1.68. The monoisotopic (exact) mass is 320 g/mol. The minimum Gasteiger partial charge on any atom is -0.258 e. The maximum absolute atomic E-state index is 10.8. The Kier molecular flexibility index (Phi) is 3.61. The van der Waals surface area contributed by atoms with Crippen molar-refractivity contribution in [1.82, 2.24) is 4.57 Å². The van der Waals surface area contributed by atoms with Crippen LogP contribution in [0, 0.1) is 10.1 Å². The first kappa shape index (κ1) is 14.6. The second-order valence-electron chi connectivity index (χ2n) is 6.10. The van der Waals surface area contributed by atoms with Crippen molar-refractivity contribution in [3.63, 3.8) is 0 Å². The highest BCUT2D eigenvalue weighted by Crippen LogP contribution is 2.24. The summed E-state index contributed by atoms with van der Waals surface area (Å²) in [5.74, 6) is 1.33. The van der Waals surface area contributed by atoms with Crippen LogP contribution in [-0.2, 0) is 19.5 Å². The summed E-state index contributed by atoms with van der Waals surface area (Å²) in [5.41, 5.74) is 3.68. The van der Waals surface area contributed by atoms with E-state index in [0.717, 1.165) is 31.5 Å². The van der Waals surface area contributed by atoms with Gasteiger partial charge in [0.25, 0.3) is 11.5 Å². The zero-order valence-corrected chi connectivity index (χ0v) is 13.3. The number of nitro groups is 1. The van der Waals surface area contributed by atoms with Gasteiger partial charge < -0.3 is 0 Å². The number of nitrogens with zero attached hydrogens (tertiary/aromatic N) is 3. The van der Waals surface area contributed by atoms with E-state index in [1.54, 1.807) is 12.1 Å². The van der Waals surface area contributed by atoms with Crippen LogP contribution in [0.4, 0.5) is 5.69 Å². The van der Waals surface area contributed by atoms with Crippen molar-refractivity contribution in [1.29, 1.82) is 0 Å². The quantitative estimate of drug-likeness (QED) is 0.420. The summed E-state index contributed by atoms with van der Waals surface area (Å²) in [4.78, 5) is 10.4. The number of fused-ring (bicyclic) bond motifs is 1. The minimum atomic E-state index is -0.361. The van der Waals surface area contributed by atoms with Crippen LogP contribution in [-0.4, -0.2) is 9.49 Å². The Morgan fingerprint density at radius 3 is 2.54 bits per heavy atom. The van der Waals surface area contributed by atoms with Gasteiger partial charge in [-0.1, -0.05) is 30.3 Å². The third-order valence-electron chi connectivity index (χ3n) is 4.56. The average molecular weight is 320 g/mol. The lowest BCUT2D eigenvalue weighted by atomic mass is 10.1. The van der Waals surface area contributed by atoms with E-state index in [1.165, 1.54) is 17.1 Å². The summed E-state index contributed by atoms with van der Waals surface area (Å²) in [6, 6.07) is 17.2. The molecule has 0 N–H and O–H groups in total. The molecule has 0 atom stereocenters. The lowest BCUT2D eigenvalue weighted by Crippen LogP contribution is -2.36. The molecule has 0 amide bonds. The van der Waals surface area contributed by atoms with Crippen molar-refractivity contribution in [2.75, 3.05) is 0 Å². The van der Waals surface area contributed by atoms with Crippen molar-refractivity contribution in [2.45, 2.75) is 25.9 Å². The van der Waals surface area contributed by atoms with E-state index in [2.05, 4.69) is 39.6 Å². The van der Waals surface area contributed by atoms with Gasteiger partial charge in [0.2, 0.25) is 0 Å². The first-order valence-electron chi connectivity index (χ1n) is 8.13. The number of nitro benzene ring substituents is 1. The molecule has 0 bridgehead atoms. The number of non-ortho nitro benzene ring substituents is 1. The molecular formula is C19H18N3O2+. The SMILES string of the molecule is O=[N+]([O-])c1ccc(C[n+]2cc(-c3ccccc3)n3c2CCC3)cc1. The van der Waals surface area contributed by atoms with Gasteiger partial charge in [0.1, 0.15) is 12.7 Å².